The summed E-state index contributed by atoms with van der Waals surface area (Å²) >= 11 is 0. The summed E-state index contributed by atoms with van der Waals surface area (Å²) in [7, 11) is -3.45. The first-order valence-corrected chi connectivity index (χ1v) is 5.81. The van der Waals surface area contributed by atoms with E-state index in [9.17, 15) is 8.42 Å². The van der Waals surface area contributed by atoms with Crippen LogP contribution in [-0.2, 0) is 16.6 Å². The molecule has 1 heterocycles. The number of nitrogens with one attached hydrogen (secondary N) is 1. The number of hydrogen-bond acceptors (Lipinski definition) is 4. The van der Waals surface area contributed by atoms with Gasteiger partial charge in [0.1, 0.15) is 0 Å². The van der Waals surface area contributed by atoms with Crippen molar-refractivity contribution in [3.63, 3.8) is 0 Å². The molecule has 1 aromatic heterocycles. The lowest BCUT2D eigenvalue weighted by molar-refractivity contribution is 0.544. The van der Waals surface area contributed by atoms with E-state index in [0.717, 1.165) is 0 Å². The number of hydrogen-bond donors (Lipinski definition) is 2. The Morgan fingerprint density at radius 2 is 2.36 bits per heavy atom. The number of sulfonamides is 1. The predicted molar refractivity (Wildman–Crippen MR) is 52.1 cm³/mol. The third-order valence-corrected chi connectivity index (χ3v) is 3.17. The molecule has 7 heteroatoms. The number of nitrogens with zero attached hydrogens (tertiary/aromatic N) is 2. The Morgan fingerprint density at radius 1 is 1.64 bits per heavy atom. The van der Waals surface area contributed by atoms with Crippen LogP contribution in [0.25, 0.3) is 0 Å². The first-order valence-electron chi connectivity index (χ1n) is 4.33. The van der Waals surface area contributed by atoms with E-state index in [0.29, 0.717) is 6.54 Å². The molecule has 1 rings (SSSR count). The van der Waals surface area contributed by atoms with Gasteiger partial charge in [-0.2, -0.15) is 5.10 Å². The number of rotatable bonds is 5. The van der Waals surface area contributed by atoms with Crippen molar-refractivity contribution < 1.29 is 8.42 Å². The SMILES string of the molecule is CCn1nccc1S(=O)(=O)NCCN. The van der Waals surface area contributed by atoms with Crippen molar-refractivity contribution >= 4 is 10.0 Å². The zero-order chi connectivity index (χ0) is 10.6. The molecule has 0 atom stereocenters. The van der Waals surface area contributed by atoms with Crippen molar-refractivity contribution in [2.24, 2.45) is 5.73 Å². The number of aromatic nitrogens is 2. The summed E-state index contributed by atoms with van der Waals surface area (Å²) in [4.78, 5) is 0. The average molecular weight is 218 g/mol. The lowest BCUT2D eigenvalue weighted by Crippen LogP contribution is -2.30. The maximum Gasteiger partial charge on any atom is 0.257 e. The van der Waals surface area contributed by atoms with Crippen molar-refractivity contribution in [1.82, 2.24) is 14.5 Å². The average Bonchev–Trinajstić information content (AvgIpc) is 2.63. The largest absolute Gasteiger partial charge is 0.329 e. The van der Waals surface area contributed by atoms with Gasteiger partial charge in [0, 0.05) is 19.6 Å². The summed E-state index contributed by atoms with van der Waals surface area (Å²) < 4.78 is 27.0. The van der Waals surface area contributed by atoms with E-state index in [4.69, 9.17) is 5.73 Å². The second-order valence-electron chi connectivity index (χ2n) is 2.67. The van der Waals surface area contributed by atoms with E-state index in [1.165, 1.54) is 16.9 Å². The van der Waals surface area contributed by atoms with Gasteiger partial charge in [0.25, 0.3) is 10.0 Å². The Kier molecular flexibility index (Phi) is 3.62. The molecule has 14 heavy (non-hydrogen) atoms. The Labute approximate surface area is 83.1 Å². The van der Waals surface area contributed by atoms with Gasteiger partial charge in [0.05, 0.1) is 6.20 Å². The van der Waals surface area contributed by atoms with Crippen LogP contribution in [-0.4, -0.2) is 31.3 Å². The van der Waals surface area contributed by atoms with E-state index in [-0.39, 0.29) is 18.1 Å². The van der Waals surface area contributed by atoms with Crippen LogP contribution < -0.4 is 10.5 Å². The third kappa shape index (κ3) is 2.31. The standard InChI is InChI=1S/C7H14N4O2S/c1-2-11-7(3-5-9-11)14(12,13)10-6-4-8/h3,5,10H,2,4,6,8H2,1H3. The predicted octanol–water partition coefficient (Wildman–Crippen LogP) is -0.860. The first kappa shape index (κ1) is 11.2. The van der Waals surface area contributed by atoms with E-state index >= 15 is 0 Å². The topological polar surface area (TPSA) is 90.0 Å². The van der Waals surface area contributed by atoms with Crippen molar-refractivity contribution in [2.45, 2.75) is 18.5 Å². The smallest absolute Gasteiger partial charge is 0.257 e. The molecule has 6 nitrogen and oxygen atoms in total. The molecule has 0 spiro atoms. The van der Waals surface area contributed by atoms with Gasteiger partial charge in [0.2, 0.25) is 0 Å². The van der Waals surface area contributed by atoms with E-state index in [2.05, 4.69) is 9.82 Å². The first-order chi connectivity index (χ1) is 6.61. The van der Waals surface area contributed by atoms with E-state index < -0.39 is 10.0 Å². The van der Waals surface area contributed by atoms with Crippen LogP contribution in [0.5, 0.6) is 0 Å². The lowest BCUT2D eigenvalue weighted by atomic mass is 10.7. The van der Waals surface area contributed by atoms with Crippen LogP contribution in [0, 0.1) is 0 Å². The van der Waals surface area contributed by atoms with Gasteiger partial charge in [-0.3, -0.25) is 4.68 Å². The summed E-state index contributed by atoms with van der Waals surface area (Å²) in [6, 6.07) is 1.46. The second-order valence-corrected chi connectivity index (χ2v) is 4.39. The van der Waals surface area contributed by atoms with Crippen molar-refractivity contribution in [3.05, 3.63) is 12.3 Å². The van der Waals surface area contributed by atoms with Crippen molar-refractivity contribution in [3.8, 4) is 0 Å². The van der Waals surface area contributed by atoms with Crippen LogP contribution in [0.4, 0.5) is 0 Å². The molecule has 0 saturated carbocycles. The van der Waals surface area contributed by atoms with Crippen LogP contribution in [0.3, 0.4) is 0 Å². The summed E-state index contributed by atoms with van der Waals surface area (Å²) in [5, 5.41) is 4.05. The number of aryl methyl sites for hydroxylation is 1. The van der Waals surface area contributed by atoms with Crippen molar-refractivity contribution in [2.75, 3.05) is 13.1 Å². The molecule has 80 valence electrons. The Hall–Kier alpha value is -0.920. The molecule has 1 aromatic rings. The molecule has 0 amide bonds. The zero-order valence-electron chi connectivity index (χ0n) is 7.97. The van der Waals surface area contributed by atoms with Crippen molar-refractivity contribution in [1.29, 1.82) is 0 Å². The highest BCUT2D eigenvalue weighted by atomic mass is 32.2. The molecular formula is C7H14N4O2S. The maximum atomic E-state index is 11.6. The summed E-state index contributed by atoms with van der Waals surface area (Å²) in [6.07, 6.45) is 1.46. The molecule has 0 fully saturated rings. The molecule has 0 aromatic carbocycles. The molecule has 3 N–H and O–H groups in total. The van der Waals surface area contributed by atoms with Gasteiger partial charge in [0.15, 0.2) is 5.03 Å². The summed E-state index contributed by atoms with van der Waals surface area (Å²) in [5.74, 6) is 0. The molecule has 0 aliphatic heterocycles. The van der Waals surface area contributed by atoms with Gasteiger partial charge in [-0.15, -0.1) is 0 Å². The quantitative estimate of drug-likeness (QED) is 0.673. The van der Waals surface area contributed by atoms with E-state index in [1.54, 1.807) is 0 Å². The van der Waals surface area contributed by atoms with Gasteiger partial charge < -0.3 is 5.73 Å². The molecule has 0 saturated heterocycles. The number of nitrogens with two attached hydrogens (primary N) is 1. The normalized spacial score (nSPS) is 11.9. The van der Waals surface area contributed by atoms with Crippen LogP contribution in [0.2, 0.25) is 0 Å². The lowest BCUT2D eigenvalue weighted by Gasteiger charge is -2.06. The summed E-state index contributed by atoms with van der Waals surface area (Å²) in [5.41, 5.74) is 5.21. The van der Waals surface area contributed by atoms with Gasteiger partial charge >= 0.3 is 0 Å². The second kappa shape index (κ2) is 4.54. The molecule has 0 bridgehead atoms. The Balaban J connectivity index is 2.92. The van der Waals surface area contributed by atoms with Crippen LogP contribution in [0.15, 0.2) is 17.3 Å². The molecular weight excluding hydrogens is 204 g/mol. The zero-order valence-corrected chi connectivity index (χ0v) is 8.79. The monoisotopic (exact) mass is 218 g/mol. The minimum absolute atomic E-state index is 0.174. The highest BCUT2D eigenvalue weighted by Gasteiger charge is 2.17. The molecule has 0 aliphatic rings. The fourth-order valence-electron chi connectivity index (χ4n) is 1.05. The molecule has 0 unspecified atom stereocenters. The minimum atomic E-state index is -3.45. The highest BCUT2D eigenvalue weighted by molar-refractivity contribution is 7.89. The third-order valence-electron chi connectivity index (χ3n) is 1.69. The van der Waals surface area contributed by atoms with Gasteiger partial charge in [-0.05, 0) is 13.0 Å². The highest BCUT2D eigenvalue weighted by Crippen LogP contribution is 2.06. The molecule has 0 aliphatic carbocycles. The summed E-state index contributed by atoms with van der Waals surface area (Å²) in [6.45, 7) is 2.86. The van der Waals surface area contributed by atoms with Crippen LogP contribution >= 0.6 is 0 Å². The maximum absolute atomic E-state index is 11.6. The van der Waals surface area contributed by atoms with E-state index in [1.807, 2.05) is 6.92 Å². The fourth-order valence-corrected chi connectivity index (χ4v) is 2.28. The van der Waals surface area contributed by atoms with Gasteiger partial charge in [-0.25, -0.2) is 13.1 Å². The fraction of sp³-hybridized carbons (Fsp3) is 0.571. The Morgan fingerprint density at radius 3 is 2.93 bits per heavy atom. The van der Waals surface area contributed by atoms with Crippen LogP contribution in [0.1, 0.15) is 6.92 Å². The van der Waals surface area contributed by atoms with Gasteiger partial charge in [-0.1, -0.05) is 0 Å². The minimum Gasteiger partial charge on any atom is -0.329 e. The Bertz CT molecular complexity index is 384. The molecule has 0 radical (unpaired) electrons.